The molecule has 0 amide bonds. The number of hydrogen-bond acceptors (Lipinski definition) is 2. The topological polar surface area (TPSA) is 30.0 Å². The molecule has 0 aliphatic rings. The lowest BCUT2D eigenvalue weighted by Gasteiger charge is -2.06. The van der Waals surface area contributed by atoms with Gasteiger partial charge in [0.1, 0.15) is 0 Å². The Labute approximate surface area is 132 Å². The van der Waals surface area contributed by atoms with E-state index in [1.165, 1.54) is 0 Å². The molecule has 1 aromatic heterocycles. The van der Waals surface area contributed by atoms with Gasteiger partial charge in [0.05, 0.1) is 5.52 Å². The van der Waals surface area contributed by atoms with Crippen molar-refractivity contribution >= 4 is 39.9 Å². The molecule has 0 N–H and O–H groups in total. The number of ketones is 1. The third-order valence-electron chi connectivity index (χ3n) is 3.27. The van der Waals surface area contributed by atoms with Crippen molar-refractivity contribution in [1.82, 2.24) is 4.98 Å². The van der Waals surface area contributed by atoms with Crippen LogP contribution in [0.4, 0.5) is 0 Å². The highest BCUT2D eigenvalue weighted by molar-refractivity contribution is 6.35. The van der Waals surface area contributed by atoms with Crippen LogP contribution in [0.2, 0.25) is 10.0 Å². The molecule has 0 saturated heterocycles. The smallest absolute Gasteiger partial charge is 0.167 e. The van der Waals surface area contributed by atoms with E-state index >= 15 is 0 Å². The first-order valence-electron chi connectivity index (χ1n) is 6.45. The summed E-state index contributed by atoms with van der Waals surface area (Å²) in [5.74, 6) is -0.0178. The lowest BCUT2D eigenvalue weighted by molar-refractivity contribution is 0.0993. The molecule has 1 heterocycles. The number of hydrogen-bond donors (Lipinski definition) is 0. The van der Waals surface area contributed by atoms with E-state index in [2.05, 4.69) is 4.98 Å². The molecular formula is C17H11Cl2NO. The summed E-state index contributed by atoms with van der Waals surface area (Å²) in [6, 6.07) is 14.5. The monoisotopic (exact) mass is 315 g/mol. The summed E-state index contributed by atoms with van der Waals surface area (Å²) in [5.41, 5.74) is 2.35. The highest BCUT2D eigenvalue weighted by atomic mass is 35.5. The normalized spacial score (nSPS) is 10.8. The number of carbonyl (C=O) groups is 1. The molecule has 2 aromatic carbocycles. The number of benzene rings is 2. The number of aromatic nitrogens is 1. The van der Waals surface area contributed by atoms with Gasteiger partial charge in [-0.1, -0.05) is 41.4 Å². The summed E-state index contributed by atoms with van der Waals surface area (Å²) in [5, 5.41) is 1.91. The minimum absolute atomic E-state index is 0.0178. The molecule has 2 nitrogen and oxygen atoms in total. The van der Waals surface area contributed by atoms with Gasteiger partial charge in [0.15, 0.2) is 5.78 Å². The van der Waals surface area contributed by atoms with Gasteiger partial charge in [0, 0.05) is 33.6 Å². The quantitative estimate of drug-likeness (QED) is 0.639. The second kappa shape index (κ2) is 5.84. The minimum Gasteiger partial charge on any atom is -0.294 e. The standard InChI is InChI=1S/C17H11Cl2NO/c18-13-7-12(8-14(19)10-13)17(21)9-11-5-6-20-16-4-2-1-3-15(11)16/h1-8,10H,9H2. The van der Waals surface area contributed by atoms with Crippen molar-refractivity contribution in [3.63, 3.8) is 0 Å². The zero-order valence-electron chi connectivity index (χ0n) is 11.0. The Kier molecular flexibility index (Phi) is 3.91. The fraction of sp³-hybridized carbons (Fsp3) is 0.0588. The number of halogens is 2. The summed E-state index contributed by atoms with van der Waals surface area (Å²) in [7, 11) is 0. The number of rotatable bonds is 3. The first-order valence-corrected chi connectivity index (χ1v) is 7.21. The average molecular weight is 316 g/mol. The van der Waals surface area contributed by atoms with Crippen LogP contribution in [-0.4, -0.2) is 10.8 Å². The zero-order chi connectivity index (χ0) is 14.8. The highest BCUT2D eigenvalue weighted by Gasteiger charge is 2.11. The van der Waals surface area contributed by atoms with Crippen molar-refractivity contribution in [3.8, 4) is 0 Å². The molecule has 4 heteroatoms. The predicted octanol–water partition coefficient (Wildman–Crippen LogP) is 4.97. The summed E-state index contributed by atoms with van der Waals surface area (Å²) >= 11 is 11.9. The first-order chi connectivity index (χ1) is 10.1. The van der Waals surface area contributed by atoms with Crippen LogP contribution in [0.3, 0.4) is 0 Å². The molecule has 0 bridgehead atoms. The largest absolute Gasteiger partial charge is 0.294 e. The maximum atomic E-state index is 12.4. The number of fused-ring (bicyclic) bond motifs is 1. The summed E-state index contributed by atoms with van der Waals surface area (Å²) in [6.07, 6.45) is 2.01. The molecule has 0 fully saturated rings. The molecule has 104 valence electrons. The molecule has 21 heavy (non-hydrogen) atoms. The Morgan fingerprint density at radius 2 is 1.71 bits per heavy atom. The van der Waals surface area contributed by atoms with Crippen molar-refractivity contribution in [2.45, 2.75) is 6.42 Å². The van der Waals surface area contributed by atoms with Crippen molar-refractivity contribution in [1.29, 1.82) is 0 Å². The van der Waals surface area contributed by atoms with E-state index in [1.54, 1.807) is 24.4 Å². The minimum atomic E-state index is -0.0178. The van der Waals surface area contributed by atoms with Gasteiger partial charge in [0.25, 0.3) is 0 Å². The van der Waals surface area contributed by atoms with E-state index in [9.17, 15) is 4.79 Å². The lowest BCUT2D eigenvalue weighted by atomic mass is 10.0. The maximum Gasteiger partial charge on any atom is 0.167 e. The Hall–Kier alpha value is -1.90. The number of para-hydroxylation sites is 1. The van der Waals surface area contributed by atoms with E-state index in [0.29, 0.717) is 22.0 Å². The molecule has 3 rings (SSSR count). The SMILES string of the molecule is O=C(Cc1ccnc2ccccc12)c1cc(Cl)cc(Cl)c1. The van der Waals surface area contributed by atoms with Gasteiger partial charge < -0.3 is 0 Å². The Bertz CT molecular complexity index is 804. The van der Waals surface area contributed by atoms with Gasteiger partial charge >= 0.3 is 0 Å². The molecule has 0 spiro atoms. The van der Waals surface area contributed by atoms with Gasteiger partial charge in [-0.25, -0.2) is 0 Å². The molecule has 0 aliphatic heterocycles. The molecule has 0 unspecified atom stereocenters. The second-order valence-corrected chi connectivity index (χ2v) is 5.62. The zero-order valence-corrected chi connectivity index (χ0v) is 12.5. The van der Waals surface area contributed by atoms with Crippen LogP contribution < -0.4 is 0 Å². The van der Waals surface area contributed by atoms with E-state index in [0.717, 1.165) is 16.5 Å². The van der Waals surface area contributed by atoms with Crippen LogP contribution in [-0.2, 0) is 6.42 Å². The molecule has 3 aromatic rings. The van der Waals surface area contributed by atoms with Crippen molar-refractivity contribution in [2.75, 3.05) is 0 Å². The van der Waals surface area contributed by atoms with Crippen LogP contribution in [0.5, 0.6) is 0 Å². The number of nitrogens with zero attached hydrogens (tertiary/aromatic N) is 1. The van der Waals surface area contributed by atoms with Crippen molar-refractivity contribution in [2.24, 2.45) is 0 Å². The maximum absolute atomic E-state index is 12.4. The van der Waals surface area contributed by atoms with Crippen LogP contribution in [0, 0.1) is 0 Å². The summed E-state index contributed by atoms with van der Waals surface area (Å²) < 4.78 is 0. The van der Waals surface area contributed by atoms with Gasteiger partial charge in [-0.3, -0.25) is 9.78 Å². The predicted molar refractivity (Wildman–Crippen MR) is 86.2 cm³/mol. The highest BCUT2D eigenvalue weighted by Crippen LogP contribution is 2.22. The molecule has 0 aliphatic carbocycles. The third-order valence-corrected chi connectivity index (χ3v) is 3.71. The fourth-order valence-corrected chi connectivity index (χ4v) is 2.83. The molecular weight excluding hydrogens is 305 g/mol. The van der Waals surface area contributed by atoms with Gasteiger partial charge in [0.2, 0.25) is 0 Å². The number of Topliss-reactive ketones (excluding diaryl/α,β-unsaturated/α-hetero) is 1. The van der Waals surface area contributed by atoms with Gasteiger partial charge in [-0.2, -0.15) is 0 Å². The Balaban J connectivity index is 1.96. The first kappa shape index (κ1) is 14.1. The van der Waals surface area contributed by atoms with E-state index in [4.69, 9.17) is 23.2 Å². The van der Waals surface area contributed by atoms with Gasteiger partial charge in [-0.15, -0.1) is 0 Å². The average Bonchev–Trinajstić information content (AvgIpc) is 2.46. The second-order valence-electron chi connectivity index (χ2n) is 4.75. The van der Waals surface area contributed by atoms with Crippen LogP contribution in [0.1, 0.15) is 15.9 Å². The van der Waals surface area contributed by atoms with Crippen LogP contribution >= 0.6 is 23.2 Å². The van der Waals surface area contributed by atoms with E-state index in [1.807, 2.05) is 30.3 Å². The summed E-state index contributed by atoms with van der Waals surface area (Å²) in [4.78, 5) is 16.7. The van der Waals surface area contributed by atoms with E-state index < -0.39 is 0 Å². The third kappa shape index (κ3) is 3.07. The lowest BCUT2D eigenvalue weighted by Crippen LogP contribution is -2.04. The fourth-order valence-electron chi connectivity index (χ4n) is 2.30. The Morgan fingerprint density at radius 1 is 1.00 bits per heavy atom. The number of carbonyl (C=O) groups excluding carboxylic acids is 1. The van der Waals surface area contributed by atoms with Crippen molar-refractivity contribution in [3.05, 3.63) is 75.9 Å². The van der Waals surface area contributed by atoms with Gasteiger partial charge in [-0.05, 0) is 35.9 Å². The summed E-state index contributed by atoms with van der Waals surface area (Å²) in [6.45, 7) is 0. The number of pyridine rings is 1. The van der Waals surface area contributed by atoms with Crippen molar-refractivity contribution < 1.29 is 4.79 Å². The van der Waals surface area contributed by atoms with Crippen LogP contribution in [0.15, 0.2) is 54.7 Å². The van der Waals surface area contributed by atoms with E-state index in [-0.39, 0.29) is 5.78 Å². The molecule has 0 saturated carbocycles. The molecule has 0 atom stereocenters. The Morgan fingerprint density at radius 3 is 2.48 bits per heavy atom. The molecule has 0 radical (unpaired) electrons. The van der Waals surface area contributed by atoms with Crippen LogP contribution in [0.25, 0.3) is 10.9 Å².